The first-order chi connectivity index (χ1) is 14.6. The van der Waals surface area contributed by atoms with Gasteiger partial charge in [-0.15, -0.1) is 0 Å². The minimum absolute atomic E-state index is 0.114. The van der Waals surface area contributed by atoms with Crippen molar-refractivity contribution in [3.8, 4) is 0 Å². The fourth-order valence-electron chi connectivity index (χ4n) is 4.15. The van der Waals surface area contributed by atoms with Crippen LogP contribution < -0.4 is 15.9 Å². The van der Waals surface area contributed by atoms with Crippen LogP contribution in [0.15, 0.2) is 56.7 Å². The number of benzene rings is 1. The smallest absolute Gasteiger partial charge is 0.267 e. The van der Waals surface area contributed by atoms with Gasteiger partial charge in [-0.05, 0) is 24.3 Å². The number of fused-ring (bicyclic) bond motifs is 2. The van der Waals surface area contributed by atoms with Crippen LogP contribution in [0.4, 0.5) is 0 Å². The van der Waals surface area contributed by atoms with Gasteiger partial charge in [-0.2, -0.15) is 0 Å². The summed E-state index contributed by atoms with van der Waals surface area (Å²) in [6.07, 6.45) is 1.58. The Morgan fingerprint density at radius 2 is 1.90 bits per heavy atom. The van der Waals surface area contributed by atoms with E-state index in [1.807, 2.05) is 29.8 Å². The molecule has 5 rings (SSSR count). The predicted molar refractivity (Wildman–Crippen MR) is 112 cm³/mol. The monoisotopic (exact) mass is 407 g/mol. The Morgan fingerprint density at radius 1 is 1.10 bits per heavy atom. The van der Waals surface area contributed by atoms with Crippen LogP contribution in [0.2, 0.25) is 0 Å². The Morgan fingerprint density at radius 3 is 2.67 bits per heavy atom. The van der Waals surface area contributed by atoms with E-state index >= 15 is 0 Å². The molecule has 0 atom stereocenters. The molecule has 4 heterocycles. The zero-order valence-electron chi connectivity index (χ0n) is 16.8. The van der Waals surface area contributed by atoms with Crippen LogP contribution in [0.5, 0.6) is 0 Å². The van der Waals surface area contributed by atoms with Crippen LogP contribution in [0.3, 0.4) is 0 Å². The maximum absolute atomic E-state index is 13.6. The normalized spacial score (nSPS) is 15.2. The summed E-state index contributed by atoms with van der Waals surface area (Å²) < 4.78 is 14.4. The molecule has 1 N–H and O–H groups in total. The van der Waals surface area contributed by atoms with Gasteiger partial charge in [0.05, 0.1) is 31.5 Å². The number of quaternary nitrogens is 1. The first-order valence-corrected chi connectivity index (χ1v) is 10.1. The number of rotatable bonds is 4. The predicted octanol–water partition coefficient (Wildman–Crippen LogP) is 0.305. The van der Waals surface area contributed by atoms with E-state index in [4.69, 9.17) is 14.1 Å². The second-order valence-electron chi connectivity index (χ2n) is 7.64. The number of aromatic nitrogens is 3. The molecule has 8 nitrogen and oxygen atoms in total. The molecule has 1 aromatic carbocycles. The van der Waals surface area contributed by atoms with Crippen molar-refractivity contribution < 1.29 is 14.1 Å². The first-order valence-electron chi connectivity index (χ1n) is 10.1. The topological polar surface area (TPSA) is 83.7 Å². The number of hydrogen-bond donors (Lipinski definition) is 1. The molecule has 0 spiro atoms. The Bertz CT molecular complexity index is 1330. The number of hydrogen-bond acceptors (Lipinski definition) is 5. The van der Waals surface area contributed by atoms with E-state index in [2.05, 4.69) is 0 Å². The van der Waals surface area contributed by atoms with Gasteiger partial charge in [-0.25, -0.2) is 4.98 Å². The maximum atomic E-state index is 13.6. The highest BCUT2D eigenvalue weighted by atomic mass is 16.5. The van der Waals surface area contributed by atoms with Gasteiger partial charge in [0.1, 0.15) is 30.8 Å². The van der Waals surface area contributed by atoms with Gasteiger partial charge < -0.3 is 18.6 Å². The SMILES string of the molecule is Cn1c2ccccc2c(=O)c2c(=O)n(Cc3ccco3)c(C[NH+]3CCOCC3)nc21. The zero-order valence-corrected chi connectivity index (χ0v) is 16.8. The van der Waals surface area contributed by atoms with Crippen molar-refractivity contribution >= 4 is 21.9 Å². The fourth-order valence-corrected chi connectivity index (χ4v) is 4.15. The van der Waals surface area contributed by atoms with Gasteiger partial charge in [0.2, 0.25) is 5.43 Å². The summed E-state index contributed by atoms with van der Waals surface area (Å²) in [6, 6.07) is 10.9. The third-order valence-corrected chi connectivity index (χ3v) is 5.79. The summed E-state index contributed by atoms with van der Waals surface area (Å²) >= 11 is 0. The van der Waals surface area contributed by atoms with Gasteiger partial charge in [0.25, 0.3) is 5.56 Å². The Balaban J connectivity index is 1.77. The molecule has 0 radical (unpaired) electrons. The van der Waals surface area contributed by atoms with E-state index in [9.17, 15) is 9.59 Å². The molecular weight excluding hydrogens is 384 g/mol. The van der Waals surface area contributed by atoms with Crippen LogP contribution >= 0.6 is 0 Å². The molecular formula is C22H23N4O4+. The van der Waals surface area contributed by atoms with E-state index in [-0.39, 0.29) is 22.9 Å². The average Bonchev–Trinajstić information content (AvgIpc) is 3.28. The van der Waals surface area contributed by atoms with Crippen molar-refractivity contribution in [3.63, 3.8) is 0 Å². The third-order valence-electron chi connectivity index (χ3n) is 5.79. The molecule has 0 bridgehead atoms. The Kier molecular flexibility index (Phi) is 4.72. The van der Waals surface area contributed by atoms with Crippen LogP contribution in [-0.4, -0.2) is 40.4 Å². The van der Waals surface area contributed by atoms with Gasteiger partial charge in [0, 0.05) is 12.4 Å². The maximum Gasteiger partial charge on any atom is 0.267 e. The number of morpholine rings is 1. The molecule has 0 aliphatic carbocycles. The van der Waals surface area contributed by atoms with Crippen molar-refractivity contribution in [3.05, 3.63) is 74.8 Å². The second-order valence-corrected chi connectivity index (χ2v) is 7.64. The number of nitrogens with one attached hydrogen (secondary N) is 1. The van der Waals surface area contributed by atoms with Gasteiger partial charge in [-0.3, -0.25) is 14.2 Å². The largest absolute Gasteiger partial charge is 0.467 e. The minimum atomic E-state index is -0.328. The van der Waals surface area contributed by atoms with Crippen molar-refractivity contribution in [1.29, 1.82) is 0 Å². The summed E-state index contributed by atoms with van der Waals surface area (Å²) in [6.45, 7) is 3.90. The van der Waals surface area contributed by atoms with Crippen molar-refractivity contribution in [2.75, 3.05) is 26.3 Å². The number of furan rings is 1. The summed E-state index contributed by atoms with van der Waals surface area (Å²) in [7, 11) is 1.85. The molecule has 30 heavy (non-hydrogen) atoms. The third kappa shape index (κ3) is 3.14. The average molecular weight is 407 g/mol. The molecule has 0 amide bonds. The molecule has 8 heteroatoms. The quantitative estimate of drug-likeness (QED) is 0.492. The van der Waals surface area contributed by atoms with E-state index in [0.29, 0.717) is 42.4 Å². The number of pyridine rings is 1. The molecule has 0 unspecified atom stereocenters. The van der Waals surface area contributed by atoms with Gasteiger partial charge in [0.15, 0.2) is 11.5 Å². The molecule has 1 fully saturated rings. The van der Waals surface area contributed by atoms with E-state index in [0.717, 1.165) is 18.6 Å². The lowest BCUT2D eigenvalue weighted by Gasteiger charge is -2.24. The lowest BCUT2D eigenvalue weighted by atomic mass is 10.1. The van der Waals surface area contributed by atoms with Crippen LogP contribution in [0.1, 0.15) is 11.6 Å². The van der Waals surface area contributed by atoms with Crippen LogP contribution in [0.25, 0.3) is 21.9 Å². The van der Waals surface area contributed by atoms with E-state index in [1.54, 1.807) is 29.0 Å². The minimum Gasteiger partial charge on any atom is -0.467 e. The summed E-state index contributed by atoms with van der Waals surface area (Å²) in [5, 5.41) is 0.631. The molecule has 4 aromatic rings. The fraction of sp³-hybridized carbons (Fsp3) is 0.318. The molecule has 1 aliphatic heterocycles. The van der Waals surface area contributed by atoms with Crippen molar-refractivity contribution in [2.45, 2.75) is 13.1 Å². The summed E-state index contributed by atoms with van der Waals surface area (Å²) in [5.74, 6) is 1.29. The number of aryl methyl sites for hydroxylation is 1. The van der Waals surface area contributed by atoms with Gasteiger partial charge >= 0.3 is 0 Å². The van der Waals surface area contributed by atoms with Crippen LogP contribution in [0, 0.1) is 0 Å². The summed E-state index contributed by atoms with van der Waals surface area (Å²) in [5.41, 5.74) is 0.567. The van der Waals surface area contributed by atoms with Gasteiger partial charge in [-0.1, -0.05) is 12.1 Å². The number of nitrogens with zero attached hydrogens (tertiary/aromatic N) is 3. The first kappa shape index (κ1) is 18.8. The van der Waals surface area contributed by atoms with Crippen molar-refractivity contribution in [2.24, 2.45) is 7.05 Å². The highest BCUT2D eigenvalue weighted by Crippen LogP contribution is 2.15. The lowest BCUT2D eigenvalue weighted by Crippen LogP contribution is -3.13. The highest BCUT2D eigenvalue weighted by Gasteiger charge is 2.22. The molecule has 3 aromatic heterocycles. The Labute approximate surface area is 171 Å². The molecule has 0 saturated carbocycles. The molecule has 154 valence electrons. The number of para-hydroxylation sites is 1. The molecule has 1 aliphatic rings. The Hall–Kier alpha value is -3.23. The molecule has 1 saturated heterocycles. The van der Waals surface area contributed by atoms with Crippen molar-refractivity contribution in [1.82, 2.24) is 14.1 Å². The highest BCUT2D eigenvalue weighted by molar-refractivity contribution is 5.91. The summed E-state index contributed by atoms with van der Waals surface area (Å²) in [4.78, 5) is 32.9. The number of ether oxygens (including phenoxy) is 1. The lowest BCUT2D eigenvalue weighted by molar-refractivity contribution is -0.922. The van der Waals surface area contributed by atoms with E-state index in [1.165, 1.54) is 4.90 Å². The standard InChI is InChI=1S/C22H22N4O4/c1-24-17-7-3-2-6-16(17)20(27)19-21(24)23-18(14-25-8-11-29-12-9-25)26(22(19)28)13-15-5-4-10-30-15/h2-7,10H,8-9,11-14H2,1H3/p+1. The van der Waals surface area contributed by atoms with E-state index < -0.39 is 0 Å². The van der Waals surface area contributed by atoms with Crippen LogP contribution in [-0.2, 0) is 24.9 Å². The second kappa shape index (κ2) is 7.55. The zero-order chi connectivity index (χ0) is 20.7.